The van der Waals surface area contributed by atoms with Gasteiger partial charge in [0.05, 0.1) is 19.8 Å². The SMILES string of the molecule is CCCCn1c(SCC(=O)NC(=O)NC(C)(C)C)nnc1[C@@H](CC)[NH+](C)C. The van der Waals surface area contributed by atoms with E-state index in [1.807, 2.05) is 20.8 Å². The van der Waals surface area contributed by atoms with E-state index in [1.54, 1.807) is 0 Å². The highest BCUT2D eigenvalue weighted by molar-refractivity contribution is 7.99. The number of hydrogen-bond donors (Lipinski definition) is 3. The number of hydrogen-bond acceptors (Lipinski definition) is 5. The molecule has 9 heteroatoms. The van der Waals surface area contributed by atoms with Gasteiger partial charge >= 0.3 is 6.03 Å². The molecule has 0 saturated carbocycles. The van der Waals surface area contributed by atoms with E-state index in [2.05, 4.69) is 53.3 Å². The van der Waals surface area contributed by atoms with Gasteiger partial charge in [0.15, 0.2) is 11.0 Å². The van der Waals surface area contributed by atoms with E-state index in [0.29, 0.717) is 0 Å². The Morgan fingerprint density at radius 3 is 2.41 bits per heavy atom. The topological polar surface area (TPSA) is 93.4 Å². The van der Waals surface area contributed by atoms with Crippen molar-refractivity contribution >= 4 is 23.7 Å². The van der Waals surface area contributed by atoms with Crippen LogP contribution in [0.5, 0.6) is 0 Å². The van der Waals surface area contributed by atoms with E-state index in [0.717, 1.165) is 36.8 Å². The highest BCUT2D eigenvalue weighted by Gasteiger charge is 2.25. The van der Waals surface area contributed by atoms with Crippen molar-refractivity contribution in [2.24, 2.45) is 0 Å². The lowest BCUT2D eigenvalue weighted by molar-refractivity contribution is -0.893. The number of amides is 3. The Balaban J connectivity index is 2.80. The van der Waals surface area contributed by atoms with Crippen molar-refractivity contribution in [1.29, 1.82) is 0 Å². The number of quaternary nitrogens is 1. The summed E-state index contributed by atoms with van der Waals surface area (Å²) in [5, 5.41) is 14.5. The molecule has 0 spiro atoms. The Labute approximate surface area is 166 Å². The molecule has 1 heterocycles. The minimum absolute atomic E-state index is 0.118. The van der Waals surface area contributed by atoms with Crippen LogP contribution in [0.2, 0.25) is 0 Å². The molecule has 0 bridgehead atoms. The molecule has 3 N–H and O–H groups in total. The maximum absolute atomic E-state index is 12.1. The van der Waals surface area contributed by atoms with Crippen molar-refractivity contribution in [2.75, 3.05) is 19.8 Å². The van der Waals surface area contributed by atoms with Gasteiger partial charge in [-0.15, -0.1) is 10.2 Å². The molecule has 1 aromatic rings. The molecule has 0 fully saturated rings. The first-order valence-corrected chi connectivity index (χ1v) is 10.6. The van der Waals surface area contributed by atoms with Crippen molar-refractivity contribution in [3.05, 3.63) is 5.82 Å². The third-order valence-corrected chi connectivity index (χ3v) is 4.94. The zero-order valence-electron chi connectivity index (χ0n) is 17.7. The number of thioether (sulfide) groups is 1. The Morgan fingerprint density at radius 1 is 1.22 bits per heavy atom. The van der Waals surface area contributed by atoms with Gasteiger partial charge in [0, 0.05) is 18.5 Å². The molecule has 0 radical (unpaired) electrons. The number of rotatable bonds is 9. The van der Waals surface area contributed by atoms with Gasteiger partial charge in [-0.1, -0.05) is 32.0 Å². The first kappa shape index (κ1) is 23.4. The van der Waals surface area contributed by atoms with Crippen LogP contribution in [-0.4, -0.2) is 52.1 Å². The van der Waals surface area contributed by atoms with Gasteiger partial charge in [0.2, 0.25) is 5.91 Å². The van der Waals surface area contributed by atoms with E-state index in [1.165, 1.54) is 16.7 Å². The van der Waals surface area contributed by atoms with E-state index < -0.39 is 11.6 Å². The van der Waals surface area contributed by atoms with Crippen LogP contribution < -0.4 is 15.5 Å². The van der Waals surface area contributed by atoms with Crippen LogP contribution in [0.1, 0.15) is 65.7 Å². The molecule has 3 amide bonds. The molecule has 154 valence electrons. The van der Waals surface area contributed by atoms with E-state index in [-0.39, 0.29) is 17.7 Å². The van der Waals surface area contributed by atoms with Gasteiger partial charge in [-0.2, -0.15) is 0 Å². The average molecular weight is 400 g/mol. The standard InChI is InChI=1S/C18H34N6O2S/c1-8-10-11-24-15(13(9-2)23(6)7)21-22-17(24)27-12-14(25)19-16(26)20-18(3,4)5/h13H,8-12H2,1-7H3,(H2,19,20,25,26)/p+1/t13-/m1/s1. The lowest BCUT2D eigenvalue weighted by Gasteiger charge is -2.20. The Kier molecular flexibility index (Phi) is 9.25. The fourth-order valence-corrected chi connectivity index (χ4v) is 3.48. The minimum Gasteiger partial charge on any atom is -0.333 e. The molecule has 1 rings (SSSR count). The number of nitrogens with one attached hydrogen (secondary N) is 3. The Hall–Kier alpha value is -1.61. The zero-order chi connectivity index (χ0) is 20.6. The third kappa shape index (κ3) is 7.88. The zero-order valence-corrected chi connectivity index (χ0v) is 18.5. The molecule has 0 aliphatic heterocycles. The van der Waals surface area contributed by atoms with Crippen LogP contribution >= 0.6 is 11.8 Å². The van der Waals surface area contributed by atoms with Crippen LogP contribution in [0.15, 0.2) is 5.16 Å². The second-order valence-corrected chi connectivity index (χ2v) is 8.87. The summed E-state index contributed by atoms with van der Waals surface area (Å²) in [5.74, 6) is 0.728. The van der Waals surface area contributed by atoms with Gasteiger partial charge in [0.25, 0.3) is 0 Å². The van der Waals surface area contributed by atoms with Crippen molar-refractivity contribution < 1.29 is 14.5 Å². The molecule has 1 aromatic heterocycles. The van der Waals surface area contributed by atoms with Crippen molar-refractivity contribution in [3.8, 4) is 0 Å². The van der Waals surface area contributed by atoms with E-state index in [9.17, 15) is 9.59 Å². The summed E-state index contributed by atoms with van der Waals surface area (Å²) in [6, 6.07) is -0.224. The number of carbonyl (C=O) groups excluding carboxylic acids is 2. The minimum atomic E-state index is -0.483. The summed E-state index contributed by atoms with van der Waals surface area (Å²) in [4.78, 5) is 25.2. The van der Waals surface area contributed by atoms with Crippen LogP contribution in [0.25, 0.3) is 0 Å². The van der Waals surface area contributed by atoms with Gasteiger partial charge in [-0.05, 0) is 27.2 Å². The average Bonchev–Trinajstić information content (AvgIpc) is 2.92. The lowest BCUT2D eigenvalue weighted by atomic mass is 10.1. The molecular weight excluding hydrogens is 364 g/mol. The summed E-state index contributed by atoms with van der Waals surface area (Å²) in [6.07, 6.45) is 3.06. The van der Waals surface area contributed by atoms with Crippen LogP contribution in [-0.2, 0) is 11.3 Å². The third-order valence-electron chi connectivity index (χ3n) is 3.97. The first-order chi connectivity index (χ1) is 12.6. The summed E-state index contributed by atoms with van der Waals surface area (Å²) < 4.78 is 2.12. The highest BCUT2D eigenvalue weighted by atomic mass is 32.2. The number of imide groups is 1. The van der Waals surface area contributed by atoms with Crippen LogP contribution in [0, 0.1) is 0 Å². The largest absolute Gasteiger partial charge is 0.333 e. The van der Waals surface area contributed by atoms with Gasteiger partial charge < -0.3 is 14.8 Å². The number of urea groups is 1. The Bertz CT molecular complexity index is 624. The number of aromatic nitrogens is 3. The number of unbranched alkanes of at least 4 members (excludes halogenated alkanes) is 1. The van der Waals surface area contributed by atoms with Crippen molar-refractivity contribution in [1.82, 2.24) is 25.4 Å². The van der Waals surface area contributed by atoms with Gasteiger partial charge in [-0.3, -0.25) is 10.1 Å². The number of nitrogens with zero attached hydrogens (tertiary/aromatic N) is 3. The predicted molar refractivity (Wildman–Crippen MR) is 108 cm³/mol. The fraction of sp³-hybridized carbons (Fsp3) is 0.778. The van der Waals surface area contributed by atoms with Crippen LogP contribution in [0.4, 0.5) is 4.79 Å². The molecular formula is C18H35N6O2S+. The monoisotopic (exact) mass is 399 g/mol. The molecule has 8 nitrogen and oxygen atoms in total. The van der Waals surface area contributed by atoms with Crippen molar-refractivity contribution in [2.45, 2.75) is 77.2 Å². The second-order valence-electron chi connectivity index (χ2n) is 7.93. The number of carbonyl (C=O) groups is 2. The van der Waals surface area contributed by atoms with Gasteiger partial charge in [0.1, 0.15) is 6.04 Å². The smallest absolute Gasteiger partial charge is 0.321 e. The molecule has 0 aliphatic carbocycles. The van der Waals surface area contributed by atoms with E-state index in [4.69, 9.17) is 0 Å². The molecule has 0 unspecified atom stereocenters. The quantitative estimate of drug-likeness (QED) is 0.546. The molecule has 0 aromatic carbocycles. The van der Waals surface area contributed by atoms with Gasteiger partial charge in [-0.25, -0.2) is 4.79 Å². The summed E-state index contributed by atoms with van der Waals surface area (Å²) in [6.45, 7) is 10.7. The maximum atomic E-state index is 12.1. The van der Waals surface area contributed by atoms with Crippen LogP contribution in [0.3, 0.4) is 0 Å². The second kappa shape index (κ2) is 10.7. The van der Waals surface area contributed by atoms with E-state index >= 15 is 0 Å². The normalized spacial score (nSPS) is 12.9. The predicted octanol–water partition coefficient (Wildman–Crippen LogP) is 1.39. The summed E-state index contributed by atoms with van der Waals surface area (Å²) >= 11 is 1.31. The lowest BCUT2D eigenvalue weighted by Crippen LogP contribution is -3.06. The molecule has 27 heavy (non-hydrogen) atoms. The van der Waals surface area contributed by atoms with Crippen molar-refractivity contribution in [3.63, 3.8) is 0 Å². The fourth-order valence-electron chi connectivity index (χ4n) is 2.70. The molecule has 1 atom stereocenters. The molecule has 0 aliphatic rings. The summed E-state index contributed by atoms with van der Waals surface area (Å²) in [7, 11) is 4.22. The maximum Gasteiger partial charge on any atom is 0.321 e. The molecule has 0 saturated heterocycles. The Morgan fingerprint density at radius 2 is 1.89 bits per heavy atom. The highest BCUT2D eigenvalue weighted by Crippen LogP contribution is 2.21. The first-order valence-electron chi connectivity index (χ1n) is 9.57. The summed E-state index contributed by atoms with van der Waals surface area (Å²) in [5.41, 5.74) is -0.392.